The minimum atomic E-state index is -4.18. The van der Waals surface area contributed by atoms with Crippen LogP contribution in [0.4, 0.5) is 11.5 Å². The highest BCUT2D eigenvalue weighted by Crippen LogP contribution is 2.19. The summed E-state index contributed by atoms with van der Waals surface area (Å²) >= 11 is 0. The van der Waals surface area contributed by atoms with Crippen molar-refractivity contribution in [2.45, 2.75) is 4.90 Å². The quantitative estimate of drug-likeness (QED) is 0.722. The molecule has 2 N–H and O–H groups in total. The fraction of sp³-hybridized carbons (Fsp3) is 0. The second-order valence-electron chi connectivity index (χ2n) is 4.41. The van der Waals surface area contributed by atoms with Gasteiger partial charge in [-0.15, -0.1) is 10.2 Å². The molecule has 0 aliphatic heterocycles. The number of anilines is 2. The molecule has 0 spiro atoms. The molecule has 0 saturated carbocycles. The van der Waals surface area contributed by atoms with Crippen molar-refractivity contribution < 1.29 is 13.0 Å². The van der Waals surface area contributed by atoms with Crippen LogP contribution >= 0.6 is 0 Å². The summed E-state index contributed by atoms with van der Waals surface area (Å²) in [4.78, 5) is -0.155. The Balaban J connectivity index is 1.88. The summed E-state index contributed by atoms with van der Waals surface area (Å²) in [6.07, 6.45) is 0. The second-order valence-corrected chi connectivity index (χ2v) is 5.83. The van der Waals surface area contributed by atoms with Crippen molar-refractivity contribution >= 4 is 32.5 Å². The zero-order valence-corrected chi connectivity index (χ0v) is 11.6. The molecule has 0 bridgehead atoms. The standard InChI is InChI=1S/C14H11N3O3S/c18-21(19,20)12-7-5-11(6-8-12)15-14-9-10-3-1-2-4-13(10)16-17-14/h1-9H,(H,15,17)(H,18,19,20). The Morgan fingerprint density at radius 3 is 2.38 bits per heavy atom. The molecule has 0 fully saturated rings. The molecule has 0 aliphatic carbocycles. The molecular weight excluding hydrogens is 290 g/mol. The molecule has 0 aliphatic rings. The minimum absolute atomic E-state index is 0.155. The van der Waals surface area contributed by atoms with Crippen LogP contribution in [0.2, 0.25) is 0 Å². The lowest BCUT2D eigenvalue weighted by molar-refractivity contribution is 0.483. The molecule has 2 aromatic carbocycles. The Morgan fingerprint density at radius 1 is 0.952 bits per heavy atom. The predicted molar refractivity (Wildman–Crippen MR) is 79.1 cm³/mol. The molecule has 3 rings (SSSR count). The molecule has 1 aromatic heterocycles. The van der Waals surface area contributed by atoms with Gasteiger partial charge in [-0.25, -0.2) is 0 Å². The molecule has 0 unspecified atom stereocenters. The molecule has 7 heteroatoms. The monoisotopic (exact) mass is 301 g/mol. The maximum Gasteiger partial charge on any atom is 0.294 e. The molecule has 0 radical (unpaired) electrons. The maximum atomic E-state index is 11.0. The van der Waals surface area contributed by atoms with Gasteiger partial charge in [-0.1, -0.05) is 18.2 Å². The van der Waals surface area contributed by atoms with Crippen molar-refractivity contribution in [1.82, 2.24) is 10.2 Å². The van der Waals surface area contributed by atoms with E-state index in [0.717, 1.165) is 10.9 Å². The maximum absolute atomic E-state index is 11.0. The van der Waals surface area contributed by atoms with Crippen molar-refractivity contribution in [3.05, 3.63) is 54.6 Å². The van der Waals surface area contributed by atoms with E-state index in [1.54, 1.807) is 12.1 Å². The highest BCUT2D eigenvalue weighted by atomic mass is 32.2. The number of rotatable bonds is 3. The van der Waals surface area contributed by atoms with Crippen molar-refractivity contribution in [1.29, 1.82) is 0 Å². The van der Waals surface area contributed by atoms with Gasteiger partial charge in [0, 0.05) is 11.1 Å². The van der Waals surface area contributed by atoms with Gasteiger partial charge in [0.05, 0.1) is 10.4 Å². The number of nitrogens with zero attached hydrogens (tertiary/aromatic N) is 2. The highest BCUT2D eigenvalue weighted by Gasteiger charge is 2.08. The highest BCUT2D eigenvalue weighted by molar-refractivity contribution is 7.85. The number of hydrogen-bond acceptors (Lipinski definition) is 5. The van der Waals surface area contributed by atoms with Crippen LogP contribution in [0, 0.1) is 0 Å². The molecular formula is C14H11N3O3S. The van der Waals surface area contributed by atoms with Gasteiger partial charge in [0.25, 0.3) is 10.1 Å². The Morgan fingerprint density at radius 2 is 1.67 bits per heavy atom. The van der Waals surface area contributed by atoms with Crippen molar-refractivity contribution in [2.24, 2.45) is 0 Å². The number of benzene rings is 2. The normalized spacial score (nSPS) is 11.5. The van der Waals surface area contributed by atoms with Gasteiger partial charge in [0.1, 0.15) is 0 Å². The van der Waals surface area contributed by atoms with Crippen LogP contribution in [0.1, 0.15) is 0 Å². The zero-order chi connectivity index (χ0) is 14.9. The van der Waals surface area contributed by atoms with Gasteiger partial charge < -0.3 is 5.32 Å². The number of fused-ring (bicyclic) bond motifs is 1. The summed E-state index contributed by atoms with van der Waals surface area (Å²) in [5, 5.41) is 12.1. The molecule has 1 heterocycles. The van der Waals surface area contributed by atoms with Crippen molar-refractivity contribution in [3.63, 3.8) is 0 Å². The number of nitrogens with one attached hydrogen (secondary N) is 1. The fourth-order valence-corrected chi connectivity index (χ4v) is 2.38. The Hall–Kier alpha value is -2.51. The first-order valence-corrected chi connectivity index (χ1v) is 7.53. The van der Waals surface area contributed by atoms with Crippen LogP contribution in [0.15, 0.2) is 59.5 Å². The average Bonchev–Trinajstić information content (AvgIpc) is 2.47. The lowest BCUT2D eigenvalue weighted by Crippen LogP contribution is -1.99. The van der Waals surface area contributed by atoms with Gasteiger partial charge >= 0.3 is 0 Å². The third-order valence-electron chi connectivity index (χ3n) is 2.92. The summed E-state index contributed by atoms with van der Waals surface area (Å²) in [5.74, 6) is 0.549. The van der Waals surface area contributed by atoms with Gasteiger partial charge in [-0.05, 0) is 36.4 Å². The van der Waals surface area contributed by atoms with E-state index in [2.05, 4.69) is 15.5 Å². The lowest BCUT2D eigenvalue weighted by Gasteiger charge is -2.06. The van der Waals surface area contributed by atoms with E-state index >= 15 is 0 Å². The third kappa shape index (κ3) is 2.99. The van der Waals surface area contributed by atoms with Crippen LogP contribution in [0.3, 0.4) is 0 Å². The van der Waals surface area contributed by atoms with E-state index in [9.17, 15) is 8.42 Å². The van der Waals surface area contributed by atoms with Crippen LogP contribution in [-0.4, -0.2) is 23.2 Å². The van der Waals surface area contributed by atoms with E-state index in [-0.39, 0.29) is 4.90 Å². The van der Waals surface area contributed by atoms with Crippen LogP contribution in [0.25, 0.3) is 10.9 Å². The Kier molecular flexibility index (Phi) is 3.28. The lowest BCUT2D eigenvalue weighted by atomic mass is 10.2. The smallest absolute Gasteiger partial charge is 0.294 e. The summed E-state index contributed by atoms with van der Waals surface area (Å²) in [5.41, 5.74) is 1.44. The summed E-state index contributed by atoms with van der Waals surface area (Å²) in [7, 11) is -4.18. The van der Waals surface area contributed by atoms with Crippen LogP contribution in [0.5, 0.6) is 0 Å². The number of aromatic nitrogens is 2. The first-order valence-electron chi connectivity index (χ1n) is 6.09. The molecule has 0 saturated heterocycles. The summed E-state index contributed by atoms with van der Waals surface area (Å²) in [6.45, 7) is 0. The van der Waals surface area contributed by atoms with E-state index in [4.69, 9.17) is 4.55 Å². The fourth-order valence-electron chi connectivity index (χ4n) is 1.90. The van der Waals surface area contributed by atoms with Gasteiger partial charge in [-0.3, -0.25) is 4.55 Å². The molecule has 3 aromatic rings. The van der Waals surface area contributed by atoms with Crippen molar-refractivity contribution in [3.8, 4) is 0 Å². The largest absolute Gasteiger partial charge is 0.339 e. The topological polar surface area (TPSA) is 92.2 Å². The van der Waals surface area contributed by atoms with E-state index in [0.29, 0.717) is 11.5 Å². The first-order chi connectivity index (χ1) is 10.0. The predicted octanol–water partition coefficient (Wildman–Crippen LogP) is 2.62. The Bertz CT molecular complexity index is 893. The van der Waals surface area contributed by atoms with Crippen molar-refractivity contribution in [2.75, 3.05) is 5.32 Å². The first kappa shape index (κ1) is 13.5. The third-order valence-corrected chi connectivity index (χ3v) is 3.79. The summed E-state index contributed by atoms with van der Waals surface area (Å²) in [6, 6.07) is 15.1. The summed E-state index contributed by atoms with van der Waals surface area (Å²) < 4.78 is 30.8. The SMILES string of the molecule is O=S(=O)(O)c1ccc(Nc2cc3ccccc3nn2)cc1. The zero-order valence-electron chi connectivity index (χ0n) is 10.8. The molecule has 0 amide bonds. The minimum Gasteiger partial charge on any atom is -0.339 e. The molecule has 0 atom stereocenters. The van der Waals surface area contributed by atoms with E-state index in [1.807, 2.05) is 30.3 Å². The molecule has 106 valence electrons. The van der Waals surface area contributed by atoms with Crippen LogP contribution in [-0.2, 0) is 10.1 Å². The van der Waals surface area contributed by atoms with E-state index in [1.165, 1.54) is 12.1 Å². The average molecular weight is 301 g/mol. The number of hydrogen-bond donors (Lipinski definition) is 2. The Labute approximate surface area is 121 Å². The van der Waals surface area contributed by atoms with E-state index < -0.39 is 10.1 Å². The van der Waals surface area contributed by atoms with Gasteiger partial charge in [-0.2, -0.15) is 8.42 Å². The molecule has 21 heavy (non-hydrogen) atoms. The second kappa shape index (κ2) is 5.12. The van der Waals surface area contributed by atoms with Gasteiger partial charge in [0.2, 0.25) is 0 Å². The van der Waals surface area contributed by atoms with Gasteiger partial charge in [0.15, 0.2) is 5.82 Å². The molecule has 6 nitrogen and oxygen atoms in total. The van der Waals surface area contributed by atoms with Crippen LogP contribution < -0.4 is 5.32 Å².